The second-order valence-electron chi connectivity index (χ2n) is 5.57. The molecule has 0 aliphatic carbocycles. The molecule has 22 heavy (non-hydrogen) atoms. The zero-order valence-corrected chi connectivity index (χ0v) is 13.0. The molecule has 3 rings (SSSR count). The molecule has 0 bridgehead atoms. The maximum Gasteiger partial charge on any atom is 0.146 e. The largest absolute Gasteiger partial charge is 0.547 e. The lowest BCUT2D eigenvalue weighted by atomic mass is 10.1. The predicted octanol–water partition coefficient (Wildman–Crippen LogP) is -0.801. The number of carbonyl (C=O) groups excluding carboxylic acids is 1. The molecule has 0 unspecified atom stereocenters. The van der Waals surface area contributed by atoms with Gasteiger partial charge in [0.15, 0.2) is 0 Å². The highest BCUT2D eigenvalue weighted by molar-refractivity contribution is 8.14. The minimum Gasteiger partial charge on any atom is -0.547 e. The van der Waals surface area contributed by atoms with Crippen molar-refractivity contribution in [2.75, 3.05) is 36.8 Å². The van der Waals surface area contributed by atoms with Gasteiger partial charge in [-0.1, -0.05) is 0 Å². The van der Waals surface area contributed by atoms with Gasteiger partial charge in [0, 0.05) is 38.0 Å². The number of aromatic nitrogens is 1. The maximum absolute atomic E-state index is 11.1. The minimum absolute atomic E-state index is 0.0184. The summed E-state index contributed by atoms with van der Waals surface area (Å²) in [6.07, 6.45) is 1.69. The number of nitrogens with zero attached hydrogens (tertiary/aromatic N) is 3. The molecule has 1 atom stereocenters. The Hall–Kier alpha value is -1.80. The fraction of sp³-hybridized carbons (Fsp3) is 0.500. The molecule has 8 heteroatoms. The van der Waals surface area contributed by atoms with E-state index in [1.165, 1.54) is 18.7 Å². The number of thioether (sulfide) groups is 1. The van der Waals surface area contributed by atoms with Gasteiger partial charge in [-0.05, 0) is 6.92 Å². The third kappa shape index (κ3) is 2.76. The first-order valence-electron chi connectivity index (χ1n) is 7.09. The van der Waals surface area contributed by atoms with Crippen molar-refractivity contribution in [2.45, 2.75) is 12.5 Å². The molecule has 1 saturated heterocycles. The van der Waals surface area contributed by atoms with E-state index in [2.05, 4.69) is 20.2 Å². The molecule has 1 fully saturated rings. The topological polar surface area (TPSA) is 101 Å². The Kier molecular flexibility index (Phi) is 3.96. The van der Waals surface area contributed by atoms with Gasteiger partial charge in [-0.3, -0.25) is 4.99 Å². The Morgan fingerprint density at radius 3 is 2.82 bits per heavy atom. The van der Waals surface area contributed by atoms with Crippen molar-refractivity contribution in [1.29, 1.82) is 0 Å². The molecule has 0 saturated carbocycles. The summed E-state index contributed by atoms with van der Waals surface area (Å²) >= 11 is 1.27. The molecule has 7 nitrogen and oxygen atoms in total. The SMILES string of the molecule is C[C@]1(C(=O)[O-])CSC(c2ncc(N3CCNCC3)cc2O)=N1. The van der Waals surface area contributed by atoms with Crippen LogP contribution in [0.4, 0.5) is 5.69 Å². The number of carbonyl (C=O) groups is 1. The number of carboxylic acid groups (broad SMARTS) is 1. The molecule has 2 N–H and O–H groups in total. The fourth-order valence-electron chi connectivity index (χ4n) is 2.43. The molecular weight excluding hydrogens is 304 g/mol. The molecule has 0 radical (unpaired) electrons. The number of aromatic hydroxyl groups is 1. The number of hydrogen-bond donors (Lipinski definition) is 2. The molecule has 2 aliphatic heterocycles. The number of nitrogens with one attached hydrogen (secondary N) is 1. The van der Waals surface area contributed by atoms with Crippen LogP contribution in [-0.4, -0.2) is 58.6 Å². The van der Waals surface area contributed by atoms with Gasteiger partial charge in [-0.15, -0.1) is 11.8 Å². The van der Waals surface area contributed by atoms with E-state index in [-0.39, 0.29) is 11.5 Å². The number of carboxylic acids is 1. The summed E-state index contributed by atoms with van der Waals surface area (Å²) in [5, 5.41) is 25.1. The van der Waals surface area contributed by atoms with Gasteiger partial charge in [0.1, 0.15) is 22.0 Å². The lowest BCUT2D eigenvalue weighted by Gasteiger charge is -2.29. The summed E-state index contributed by atoms with van der Waals surface area (Å²) in [6.45, 7) is 5.02. The second kappa shape index (κ2) is 5.77. The molecule has 0 aromatic carbocycles. The van der Waals surface area contributed by atoms with Crippen molar-refractivity contribution < 1.29 is 15.0 Å². The van der Waals surface area contributed by atoms with E-state index in [1.54, 1.807) is 12.3 Å². The van der Waals surface area contributed by atoms with Crippen molar-refractivity contribution in [3.63, 3.8) is 0 Å². The Balaban J connectivity index is 1.85. The number of pyridine rings is 1. The third-order valence-electron chi connectivity index (χ3n) is 3.82. The Bertz CT molecular complexity index is 631. The van der Waals surface area contributed by atoms with Crippen molar-refractivity contribution >= 4 is 28.5 Å². The summed E-state index contributed by atoms with van der Waals surface area (Å²) in [6, 6.07) is 1.66. The Morgan fingerprint density at radius 1 is 1.50 bits per heavy atom. The molecule has 1 aromatic rings. The number of aliphatic imine (C=N–C) groups is 1. The summed E-state index contributed by atoms with van der Waals surface area (Å²) in [7, 11) is 0. The monoisotopic (exact) mass is 321 g/mol. The van der Waals surface area contributed by atoms with Gasteiger partial charge >= 0.3 is 0 Å². The van der Waals surface area contributed by atoms with E-state index in [1.807, 2.05) is 0 Å². The smallest absolute Gasteiger partial charge is 0.146 e. The maximum atomic E-state index is 11.1. The van der Waals surface area contributed by atoms with Crippen molar-refractivity contribution in [3.8, 4) is 5.75 Å². The van der Waals surface area contributed by atoms with Crippen LogP contribution in [0.15, 0.2) is 17.3 Å². The highest BCUT2D eigenvalue weighted by Gasteiger charge is 2.34. The van der Waals surface area contributed by atoms with Crippen LogP contribution < -0.4 is 15.3 Å². The van der Waals surface area contributed by atoms with E-state index in [9.17, 15) is 15.0 Å². The standard InChI is InChI=1S/C14H18N4O3S/c1-14(13(20)21)8-22-12(17-14)11-10(19)6-9(7-16-11)18-4-2-15-3-5-18/h6-7,15,19H,2-5,8H2,1H3,(H,20,21)/p-1/t14-/m1/s1. The zero-order valence-electron chi connectivity index (χ0n) is 12.2. The lowest BCUT2D eigenvalue weighted by molar-refractivity contribution is -0.311. The highest BCUT2D eigenvalue weighted by atomic mass is 32.2. The van der Waals surface area contributed by atoms with Crippen molar-refractivity contribution in [2.24, 2.45) is 4.99 Å². The normalized spacial score (nSPS) is 25.1. The van der Waals surface area contributed by atoms with Crippen LogP contribution in [0.3, 0.4) is 0 Å². The van der Waals surface area contributed by atoms with Crippen LogP contribution in [0, 0.1) is 0 Å². The summed E-state index contributed by atoms with van der Waals surface area (Å²) < 4.78 is 0. The van der Waals surface area contributed by atoms with Gasteiger partial charge in [0.2, 0.25) is 0 Å². The summed E-state index contributed by atoms with van der Waals surface area (Å²) in [4.78, 5) is 21.7. The molecule has 0 spiro atoms. The van der Waals surface area contributed by atoms with E-state index in [0.29, 0.717) is 10.7 Å². The molecule has 118 valence electrons. The molecule has 3 heterocycles. The van der Waals surface area contributed by atoms with Gasteiger partial charge < -0.3 is 25.2 Å². The molecule has 1 aromatic heterocycles. The fourth-order valence-corrected chi connectivity index (χ4v) is 3.59. The van der Waals surface area contributed by atoms with E-state index < -0.39 is 11.5 Å². The predicted molar refractivity (Wildman–Crippen MR) is 83.4 cm³/mol. The lowest BCUT2D eigenvalue weighted by Crippen LogP contribution is -2.45. The van der Waals surface area contributed by atoms with Gasteiger partial charge in [0.25, 0.3) is 0 Å². The molecular formula is C14H17N4O3S-. The molecule has 2 aliphatic rings. The van der Waals surface area contributed by atoms with Gasteiger partial charge in [0.05, 0.1) is 17.9 Å². The average molecular weight is 321 g/mol. The van der Waals surface area contributed by atoms with Crippen LogP contribution >= 0.6 is 11.8 Å². The number of anilines is 1. The van der Waals surface area contributed by atoms with Crippen LogP contribution in [-0.2, 0) is 4.79 Å². The zero-order chi connectivity index (χ0) is 15.7. The number of hydrogen-bond acceptors (Lipinski definition) is 8. The minimum atomic E-state index is -1.26. The quantitative estimate of drug-likeness (QED) is 0.751. The average Bonchev–Trinajstić information content (AvgIpc) is 2.92. The van der Waals surface area contributed by atoms with Gasteiger partial charge in [-0.25, -0.2) is 4.98 Å². The van der Waals surface area contributed by atoms with Gasteiger partial charge in [-0.2, -0.15) is 0 Å². The van der Waals surface area contributed by atoms with Crippen LogP contribution in [0.5, 0.6) is 5.75 Å². The Morgan fingerprint density at radius 2 is 2.23 bits per heavy atom. The van der Waals surface area contributed by atoms with E-state index >= 15 is 0 Å². The van der Waals surface area contributed by atoms with Crippen molar-refractivity contribution in [1.82, 2.24) is 10.3 Å². The third-order valence-corrected chi connectivity index (χ3v) is 5.08. The van der Waals surface area contributed by atoms with Crippen molar-refractivity contribution in [3.05, 3.63) is 18.0 Å². The van der Waals surface area contributed by atoms with Crippen LogP contribution in [0.1, 0.15) is 12.6 Å². The van der Waals surface area contributed by atoms with E-state index in [4.69, 9.17) is 0 Å². The van der Waals surface area contributed by atoms with Crippen LogP contribution in [0.2, 0.25) is 0 Å². The number of aliphatic carboxylic acids is 1. The van der Waals surface area contributed by atoms with E-state index in [0.717, 1.165) is 31.9 Å². The number of rotatable bonds is 3. The second-order valence-corrected chi connectivity index (χ2v) is 6.53. The first-order valence-corrected chi connectivity index (χ1v) is 8.07. The highest BCUT2D eigenvalue weighted by Crippen LogP contribution is 2.34. The molecule has 0 amide bonds. The summed E-state index contributed by atoms with van der Waals surface area (Å²) in [5.41, 5.74) is -0.0754. The number of piperazine rings is 1. The first kappa shape index (κ1) is 15.1. The first-order chi connectivity index (χ1) is 10.5. The summed E-state index contributed by atoms with van der Waals surface area (Å²) in [5.74, 6) is -0.914. The Labute approximate surface area is 132 Å². The van der Waals surface area contributed by atoms with Crippen LogP contribution in [0.25, 0.3) is 0 Å².